The smallest absolute Gasteiger partial charge is 0.129 e. The van der Waals surface area contributed by atoms with Gasteiger partial charge in [-0.15, -0.1) is 0 Å². The summed E-state index contributed by atoms with van der Waals surface area (Å²) in [5.41, 5.74) is 2.02. The standard InChI is InChI=1S/C13H15BrFN/c1-16-13(9-5-2-3-6-9)12-10(14)7-4-8-11(12)15/h4-5,7-8,13,16H,2-3,6H2,1H3. The quantitative estimate of drug-likeness (QED) is 0.828. The zero-order chi connectivity index (χ0) is 11.5. The number of hydrogen-bond donors (Lipinski definition) is 1. The molecule has 0 saturated carbocycles. The maximum atomic E-state index is 13.8. The van der Waals surface area contributed by atoms with Crippen molar-refractivity contribution >= 4 is 15.9 Å². The highest BCUT2D eigenvalue weighted by Gasteiger charge is 2.22. The summed E-state index contributed by atoms with van der Waals surface area (Å²) in [5.74, 6) is -0.151. The van der Waals surface area contributed by atoms with Crippen LogP contribution in [0.2, 0.25) is 0 Å². The lowest BCUT2D eigenvalue weighted by molar-refractivity contribution is 0.564. The zero-order valence-electron chi connectivity index (χ0n) is 9.26. The van der Waals surface area contributed by atoms with Crippen molar-refractivity contribution in [3.05, 3.63) is 45.7 Å². The van der Waals surface area contributed by atoms with Gasteiger partial charge in [0.25, 0.3) is 0 Å². The van der Waals surface area contributed by atoms with Gasteiger partial charge in [-0.1, -0.05) is 33.6 Å². The highest BCUT2D eigenvalue weighted by atomic mass is 79.9. The largest absolute Gasteiger partial charge is 0.309 e. The van der Waals surface area contributed by atoms with Gasteiger partial charge in [-0.3, -0.25) is 0 Å². The van der Waals surface area contributed by atoms with Crippen LogP contribution in [0.4, 0.5) is 4.39 Å². The van der Waals surface area contributed by atoms with Crippen LogP contribution in [-0.2, 0) is 0 Å². The van der Waals surface area contributed by atoms with Gasteiger partial charge in [0.15, 0.2) is 0 Å². The minimum Gasteiger partial charge on any atom is -0.309 e. The Morgan fingerprint density at radius 2 is 2.25 bits per heavy atom. The van der Waals surface area contributed by atoms with Gasteiger partial charge >= 0.3 is 0 Å². The lowest BCUT2D eigenvalue weighted by Crippen LogP contribution is -2.19. The summed E-state index contributed by atoms with van der Waals surface area (Å²) in [5, 5.41) is 3.20. The van der Waals surface area contributed by atoms with E-state index in [1.54, 1.807) is 6.07 Å². The predicted molar refractivity (Wildman–Crippen MR) is 67.8 cm³/mol. The fourth-order valence-electron chi connectivity index (χ4n) is 2.26. The second-order valence-electron chi connectivity index (χ2n) is 4.03. The molecule has 0 heterocycles. The Bertz CT molecular complexity index is 394. The van der Waals surface area contributed by atoms with Crippen LogP contribution in [0.5, 0.6) is 0 Å². The molecule has 0 aliphatic heterocycles. The minimum absolute atomic E-state index is 0.00178. The van der Waals surface area contributed by atoms with Crippen molar-refractivity contribution in [3.63, 3.8) is 0 Å². The van der Waals surface area contributed by atoms with E-state index in [1.807, 2.05) is 13.1 Å². The maximum Gasteiger partial charge on any atom is 0.129 e. The van der Waals surface area contributed by atoms with Crippen molar-refractivity contribution in [1.82, 2.24) is 5.32 Å². The van der Waals surface area contributed by atoms with E-state index in [1.165, 1.54) is 18.1 Å². The number of hydrogen-bond acceptors (Lipinski definition) is 1. The second kappa shape index (κ2) is 5.11. The number of rotatable bonds is 3. The lowest BCUT2D eigenvalue weighted by atomic mass is 9.98. The molecule has 0 spiro atoms. The summed E-state index contributed by atoms with van der Waals surface area (Å²) in [6.45, 7) is 0. The maximum absolute atomic E-state index is 13.8. The Hall–Kier alpha value is -0.670. The first kappa shape index (κ1) is 11.8. The Balaban J connectivity index is 2.40. The number of likely N-dealkylation sites (N-methyl/N-ethyl adjacent to an activating group) is 1. The molecular weight excluding hydrogens is 269 g/mol. The number of halogens is 2. The number of benzene rings is 1. The van der Waals surface area contributed by atoms with E-state index in [0.717, 1.165) is 22.9 Å². The number of nitrogens with one attached hydrogen (secondary N) is 1. The van der Waals surface area contributed by atoms with Gasteiger partial charge < -0.3 is 5.32 Å². The first-order chi connectivity index (χ1) is 7.74. The summed E-state index contributed by atoms with van der Waals surface area (Å²) >= 11 is 3.43. The SMILES string of the molecule is CNC(C1=CCCC1)c1c(F)cccc1Br. The molecule has 1 aromatic carbocycles. The molecule has 0 amide bonds. The highest BCUT2D eigenvalue weighted by molar-refractivity contribution is 9.10. The van der Waals surface area contributed by atoms with E-state index < -0.39 is 0 Å². The first-order valence-corrected chi connectivity index (χ1v) is 6.33. The van der Waals surface area contributed by atoms with E-state index in [0.29, 0.717) is 0 Å². The van der Waals surface area contributed by atoms with Gasteiger partial charge in [0.2, 0.25) is 0 Å². The van der Waals surface area contributed by atoms with Crippen LogP contribution in [0.3, 0.4) is 0 Å². The molecule has 1 nitrogen and oxygen atoms in total. The highest BCUT2D eigenvalue weighted by Crippen LogP contribution is 2.35. The molecule has 1 N–H and O–H groups in total. The third kappa shape index (κ3) is 2.20. The third-order valence-electron chi connectivity index (χ3n) is 3.02. The van der Waals surface area contributed by atoms with E-state index >= 15 is 0 Å². The molecular formula is C13H15BrFN. The van der Waals surface area contributed by atoms with Gasteiger partial charge in [0, 0.05) is 10.0 Å². The molecule has 1 aliphatic carbocycles. The van der Waals surface area contributed by atoms with Gasteiger partial charge in [0.05, 0.1) is 6.04 Å². The average Bonchev–Trinajstić information content (AvgIpc) is 2.77. The monoisotopic (exact) mass is 283 g/mol. The van der Waals surface area contributed by atoms with Crippen LogP contribution in [0.15, 0.2) is 34.3 Å². The molecule has 2 rings (SSSR count). The van der Waals surface area contributed by atoms with Crippen LogP contribution in [-0.4, -0.2) is 7.05 Å². The summed E-state index contributed by atoms with van der Waals surface area (Å²) in [7, 11) is 1.88. The Morgan fingerprint density at radius 3 is 2.81 bits per heavy atom. The molecule has 3 heteroatoms. The van der Waals surface area contributed by atoms with E-state index in [9.17, 15) is 4.39 Å². The van der Waals surface area contributed by atoms with Crippen molar-refractivity contribution < 1.29 is 4.39 Å². The van der Waals surface area contributed by atoms with Crippen LogP contribution in [0, 0.1) is 5.82 Å². The summed E-state index contributed by atoms with van der Waals surface area (Å²) < 4.78 is 14.7. The van der Waals surface area contributed by atoms with E-state index in [4.69, 9.17) is 0 Å². The van der Waals surface area contributed by atoms with Gasteiger partial charge in [0.1, 0.15) is 5.82 Å². The molecule has 0 aromatic heterocycles. The lowest BCUT2D eigenvalue weighted by Gasteiger charge is -2.20. The minimum atomic E-state index is -0.151. The van der Waals surface area contributed by atoms with Gasteiger partial charge in [-0.2, -0.15) is 0 Å². The Labute approximate surface area is 104 Å². The molecule has 1 aromatic rings. The van der Waals surface area contributed by atoms with Crippen molar-refractivity contribution in [2.24, 2.45) is 0 Å². The molecule has 1 unspecified atom stereocenters. The molecule has 0 saturated heterocycles. The van der Waals surface area contributed by atoms with Crippen LogP contribution in [0.25, 0.3) is 0 Å². The fraction of sp³-hybridized carbons (Fsp3) is 0.385. The molecule has 1 atom stereocenters. The normalized spacial score (nSPS) is 17.3. The van der Waals surface area contributed by atoms with Crippen molar-refractivity contribution in [2.45, 2.75) is 25.3 Å². The van der Waals surface area contributed by atoms with Crippen molar-refractivity contribution in [1.29, 1.82) is 0 Å². The number of allylic oxidation sites excluding steroid dienone is 1. The van der Waals surface area contributed by atoms with Crippen LogP contribution >= 0.6 is 15.9 Å². The zero-order valence-corrected chi connectivity index (χ0v) is 10.8. The average molecular weight is 284 g/mol. The van der Waals surface area contributed by atoms with Gasteiger partial charge in [-0.25, -0.2) is 4.39 Å². The Kier molecular flexibility index (Phi) is 3.77. The summed E-state index contributed by atoms with van der Waals surface area (Å²) in [4.78, 5) is 0. The third-order valence-corrected chi connectivity index (χ3v) is 3.72. The van der Waals surface area contributed by atoms with Crippen molar-refractivity contribution in [3.8, 4) is 0 Å². The summed E-state index contributed by atoms with van der Waals surface area (Å²) in [6.07, 6.45) is 5.57. The Morgan fingerprint density at radius 1 is 1.44 bits per heavy atom. The first-order valence-electron chi connectivity index (χ1n) is 5.54. The van der Waals surface area contributed by atoms with Crippen LogP contribution in [0.1, 0.15) is 30.9 Å². The molecule has 0 fully saturated rings. The topological polar surface area (TPSA) is 12.0 Å². The fourth-order valence-corrected chi connectivity index (χ4v) is 2.83. The molecule has 1 aliphatic rings. The molecule has 86 valence electrons. The summed E-state index contributed by atoms with van der Waals surface area (Å²) in [6, 6.07) is 5.12. The van der Waals surface area contributed by atoms with Crippen LogP contribution < -0.4 is 5.32 Å². The van der Waals surface area contributed by atoms with E-state index in [-0.39, 0.29) is 11.9 Å². The predicted octanol–water partition coefficient (Wildman–Crippen LogP) is 3.96. The van der Waals surface area contributed by atoms with Gasteiger partial charge in [-0.05, 0) is 38.4 Å². The van der Waals surface area contributed by atoms with E-state index in [2.05, 4.69) is 27.3 Å². The molecule has 16 heavy (non-hydrogen) atoms. The van der Waals surface area contributed by atoms with Crippen molar-refractivity contribution in [2.75, 3.05) is 7.05 Å². The second-order valence-corrected chi connectivity index (χ2v) is 4.88. The molecule has 0 radical (unpaired) electrons. The molecule has 0 bridgehead atoms.